The zero-order valence-electron chi connectivity index (χ0n) is 17.8. The van der Waals surface area contributed by atoms with Gasteiger partial charge in [0.1, 0.15) is 16.4 Å². The van der Waals surface area contributed by atoms with E-state index in [1.54, 1.807) is 19.2 Å². The smallest absolute Gasteiger partial charge is 0.259 e. The van der Waals surface area contributed by atoms with Crippen LogP contribution in [0.1, 0.15) is 9.67 Å². The number of nitrogens with two attached hydrogens (primary N) is 1. The molecule has 168 valence electrons. The monoisotopic (exact) mass is 497 g/mol. The number of ether oxygens (including phenoxy) is 2. The summed E-state index contributed by atoms with van der Waals surface area (Å²) in [5.74, 6) is 0.606. The number of thiophene rings is 1. The number of primary amides is 1. The second-order valence-electron chi connectivity index (χ2n) is 7.01. The van der Waals surface area contributed by atoms with Crippen molar-refractivity contribution in [2.45, 2.75) is 0 Å². The molecule has 0 saturated heterocycles. The Kier molecular flexibility index (Phi) is 6.69. The molecule has 0 saturated carbocycles. The van der Waals surface area contributed by atoms with E-state index in [1.165, 1.54) is 18.4 Å². The number of halogens is 1. The Labute approximate surface area is 205 Å². The number of methoxy groups -OCH3 is 2. The Hall–Kier alpha value is -3.33. The third kappa shape index (κ3) is 4.73. The number of anilines is 2. The van der Waals surface area contributed by atoms with E-state index in [2.05, 4.69) is 10.6 Å². The van der Waals surface area contributed by atoms with Crippen LogP contribution in [0.25, 0.3) is 21.2 Å². The fraction of sp³-hybridized carbons (Fsp3) is 0.0833. The van der Waals surface area contributed by atoms with Gasteiger partial charge in [-0.05, 0) is 42.0 Å². The first-order valence-corrected chi connectivity index (χ1v) is 11.4. The summed E-state index contributed by atoms with van der Waals surface area (Å²) in [6.07, 6.45) is 0. The first kappa shape index (κ1) is 22.8. The van der Waals surface area contributed by atoms with Crippen molar-refractivity contribution in [3.63, 3.8) is 0 Å². The van der Waals surface area contributed by atoms with E-state index in [-0.39, 0.29) is 0 Å². The highest BCUT2D eigenvalue weighted by atomic mass is 35.5. The van der Waals surface area contributed by atoms with Gasteiger partial charge in [0.25, 0.3) is 5.91 Å². The molecule has 4 rings (SSSR count). The molecule has 0 bridgehead atoms. The van der Waals surface area contributed by atoms with E-state index in [0.29, 0.717) is 32.2 Å². The normalized spacial score (nSPS) is 10.6. The molecule has 0 aliphatic rings. The minimum absolute atomic E-state index is 0.362. The quantitative estimate of drug-likeness (QED) is 0.277. The van der Waals surface area contributed by atoms with Gasteiger partial charge in [-0.2, -0.15) is 0 Å². The van der Waals surface area contributed by atoms with Crippen molar-refractivity contribution in [2.24, 2.45) is 5.73 Å². The van der Waals surface area contributed by atoms with E-state index >= 15 is 0 Å². The molecule has 0 radical (unpaired) electrons. The van der Waals surface area contributed by atoms with Crippen LogP contribution < -0.4 is 25.8 Å². The van der Waals surface area contributed by atoms with E-state index < -0.39 is 5.91 Å². The number of hydrogen-bond acceptors (Lipinski definition) is 5. The van der Waals surface area contributed by atoms with Crippen LogP contribution in [0.4, 0.5) is 11.4 Å². The maximum Gasteiger partial charge on any atom is 0.259 e. The molecule has 0 atom stereocenters. The molecule has 3 aromatic carbocycles. The first-order chi connectivity index (χ1) is 15.9. The van der Waals surface area contributed by atoms with Crippen LogP contribution in [-0.4, -0.2) is 25.2 Å². The fourth-order valence-electron chi connectivity index (χ4n) is 3.47. The number of thiocarbonyl (C=S) groups is 1. The van der Waals surface area contributed by atoms with Crippen LogP contribution in [0.5, 0.6) is 11.5 Å². The lowest BCUT2D eigenvalue weighted by Crippen LogP contribution is -2.19. The molecule has 0 fully saturated rings. The molecule has 4 N–H and O–H groups in total. The Morgan fingerprint density at radius 1 is 1.00 bits per heavy atom. The first-order valence-electron chi connectivity index (χ1n) is 9.82. The van der Waals surface area contributed by atoms with Crippen LogP contribution in [0.3, 0.4) is 0 Å². The molecule has 4 aromatic rings. The second kappa shape index (κ2) is 9.66. The molecule has 9 heteroatoms. The molecule has 0 unspecified atom stereocenters. The summed E-state index contributed by atoms with van der Waals surface area (Å²) in [6.45, 7) is 0. The maximum atomic E-state index is 12.0. The van der Waals surface area contributed by atoms with Crippen molar-refractivity contribution < 1.29 is 14.3 Å². The minimum Gasteiger partial charge on any atom is -0.495 e. The molecule has 1 amide bonds. The van der Waals surface area contributed by atoms with Crippen LogP contribution in [0, 0.1) is 0 Å². The van der Waals surface area contributed by atoms with E-state index in [1.807, 2.05) is 48.5 Å². The molecule has 1 aromatic heterocycles. The van der Waals surface area contributed by atoms with Gasteiger partial charge < -0.3 is 25.8 Å². The van der Waals surface area contributed by atoms with Gasteiger partial charge >= 0.3 is 0 Å². The molecular formula is C24H20ClN3O3S2. The topological polar surface area (TPSA) is 85.6 Å². The highest BCUT2D eigenvalue weighted by Crippen LogP contribution is 2.39. The van der Waals surface area contributed by atoms with Crippen LogP contribution in [0.2, 0.25) is 5.02 Å². The van der Waals surface area contributed by atoms with Gasteiger partial charge in [0.2, 0.25) is 0 Å². The molecule has 33 heavy (non-hydrogen) atoms. The van der Waals surface area contributed by atoms with Gasteiger partial charge in [-0.15, -0.1) is 11.3 Å². The summed E-state index contributed by atoms with van der Waals surface area (Å²) in [5.41, 5.74) is 8.76. The lowest BCUT2D eigenvalue weighted by Gasteiger charge is -2.15. The number of amides is 1. The average Bonchev–Trinajstić information content (AvgIpc) is 3.20. The van der Waals surface area contributed by atoms with E-state index in [9.17, 15) is 4.79 Å². The Balaban J connectivity index is 1.55. The Morgan fingerprint density at radius 2 is 1.70 bits per heavy atom. The molecule has 6 nitrogen and oxygen atoms in total. The van der Waals surface area contributed by atoms with Crippen molar-refractivity contribution >= 4 is 67.6 Å². The number of benzene rings is 3. The van der Waals surface area contributed by atoms with Crippen molar-refractivity contribution in [3.8, 4) is 22.6 Å². The van der Waals surface area contributed by atoms with Gasteiger partial charge in [0.05, 0.1) is 24.9 Å². The van der Waals surface area contributed by atoms with E-state index in [0.717, 1.165) is 26.9 Å². The number of hydrogen-bond donors (Lipinski definition) is 3. The standard InChI is InChI=1S/C24H20ClN3O3S2/c1-30-18-12-19(31-2)17(11-16(18)25)28-24(32)27-14-9-7-13(8-10-14)21-15-5-3-4-6-20(15)33-22(21)23(26)29/h3-12H,1-2H3,(H2,26,29)(H2,27,28,32). The zero-order valence-corrected chi connectivity index (χ0v) is 20.2. The lowest BCUT2D eigenvalue weighted by molar-refractivity contribution is 0.100. The van der Waals surface area contributed by atoms with Gasteiger partial charge in [0.15, 0.2) is 5.11 Å². The average molecular weight is 498 g/mol. The van der Waals surface area contributed by atoms with Gasteiger partial charge in [-0.3, -0.25) is 4.79 Å². The van der Waals surface area contributed by atoms with E-state index in [4.69, 9.17) is 39.0 Å². The summed E-state index contributed by atoms with van der Waals surface area (Å²) in [5, 5.41) is 8.02. The summed E-state index contributed by atoms with van der Waals surface area (Å²) >= 11 is 13.1. The summed E-state index contributed by atoms with van der Waals surface area (Å²) < 4.78 is 11.6. The largest absolute Gasteiger partial charge is 0.495 e. The van der Waals surface area contributed by atoms with Crippen molar-refractivity contribution in [2.75, 3.05) is 24.9 Å². The third-order valence-corrected chi connectivity index (χ3v) is 6.66. The third-order valence-electron chi connectivity index (χ3n) is 4.97. The molecule has 0 aliphatic carbocycles. The molecule has 0 aliphatic heterocycles. The number of rotatable bonds is 6. The highest BCUT2D eigenvalue weighted by molar-refractivity contribution is 7.80. The van der Waals surface area contributed by atoms with Crippen molar-refractivity contribution in [1.29, 1.82) is 0 Å². The van der Waals surface area contributed by atoms with Gasteiger partial charge in [-0.25, -0.2) is 0 Å². The maximum absolute atomic E-state index is 12.0. The number of carbonyl (C=O) groups is 1. The Bertz CT molecular complexity index is 1350. The fourth-order valence-corrected chi connectivity index (χ4v) is 5.01. The second-order valence-corrected chi connectivity index (χ2v) is 8.88. The lowest BCUT2D eigenvalue weighted by atomic mass is 10.0. The van der Waals surface area contributed by atoms with Crippen LogP contribution >= 0.6 is 35.2 Å². The summed E-state index contributed by atoms with van der Waals surface area (Å²) in [7, 11) is 3.09. The highest BCUT2D eigenvalue weighted by Gasteiger charge is 2.18. The summed E-state index contributed by atoms with van der Waals surface area (Å²) in [4.78, 5) is 12.6. The SMILES string of the molecule is COc1cc(OC)c(NC(=S)Nc2ccc(-c3c(C(N)=O)sc4ccccc34)cc2)cc1Cl. The summed E-state index contributed by atoms with van der Waals surface area (Å²) in [6, 6.07) is 18.9. The predicted molar refractivity (Wildman–Crippen MR) is 140 cm³/mol. The number of fused-ring (bicyclic) bond motifs is 1. The van der Waals surface area contributed by atoms with Crippen molar-refractivity contribution in [1.82, 2.24) is 0 Å². The molecule has 1 heterocycles. The molecule has 0 spiro atoms. The Morgan fingerprint density at radius 3 is 2.36 bits per heavy atom. The predicted octanol–water partition coefficient (Wildman–Crippen LogP) is 6.15. The number of carbonyl (C=O) groups excluding carboxylic acids is 1. The number of nitrogens with one attached hydrogen (secondary N) is 2. The van der Waals surface area contributed by atoms with Gasteiger partial charge in [-0.1, -0.05) is 41.9 Å². The molecular weight excluding hydrogens is 478 g/mol. The van der Waals surface area contributed by atoms with Crippen LogP contribution in [0.15, 0.2) is 60.7 Å². The van der Waals surface area contributed by atoms with Gasteiger partial charge in [0, 0.05) is 27.4 Å². The minimum atomic E-state index is -0.439. The van der Waals surface area contributed by atoms with Crippen molar-refractivity contribution in [3.05, 3.63) is 70.6 Å². The van der Waals surface area contributed by atoms with Crippen LogP contribution in [-0.2, 0) is 0 Å². The zero-order chi connectivity index (χ0) is 23.5.